The van der Waals surface area contributed by atoms with Gasteiger partial charge in [-0.05, 0) is 38.9 Å². The van der Waals surface area contributed by atoms with Gasteiger partial charge in [-0.15, -0.1) is 0 Å². The number of carbonyl (C=O) groups is 1. The first-order chi connectivity index (χ1) is 11.7. The molecule has 3 rings (SSSR count). The Morgan fingerprint density at radius 2 is 2.21 bits per heavy atom. The van der Waals surface area contributed by atoms with E-state index in [2.05, 4.69) is 25.6 Å². The summed E-state index contributed by atoms with van der Waals surface area (Å²) >= 11 is 0. The molecule has 0 bridgehead atoms. The molecule has 0 spiro atoms. The second-order valence-electron chi connectivity index (χ2n) is 5.87. The third-order valence-electron chi connectivity index (χ3n) is 3.99. The number of carbonyl (C=O) groups excluding carboxylic acids is 1. The molecular weight excluding hydrogens is 304 g/mol. The molecule has 7 nitrogen and oxygen atoms in total. The molecule has 1 amide bonds. The van der Waals surface area contributed by atoms with Gasteiger partial charge in [0.15, 0.2) is 5.82 Å². The summed E-state index contributed by atoms with van der Waals surface area (Å²) in [6.07, 6.45) is 3.59. The first kappa shape index (κ1) is 16.3. The van der Waals surface area contributed by atoms with Gasteiger partial charge in [0, 0.05) is 24.5 Å². The molecule has 2 N–H and O–H groups in total. The van der Waals surface area contributed by atoms with E-state index >= 15 is 0 Å². The highest BCUT2D eigenvalue weighted by Gasteiger charge is 2.31. The molecular formula is C17H22N6O. The maximum atomic E-state index is 12.3. The molecule has 1 saturated heterocycles. The fourth-order valence-corrected chi connectivity index (χ4v) is 2.96. The number of rotatable bonds is 5. The van der Waals surface area contributed by atoms with Crippen LogP contribution in [0.5, 0.6) is 0 Å². The lowest BCUT2D eigenvalue weighted by Gasteiger charge is -2.24. The summed E-state index contributed by atoms with van der Waals surface area (Å²) < 4.78 is 0. The van der Waals surface area contributed by atoms with Crippen molar-refractivity contribution in [1.82, 2.24) is 25.2 Å². The van der Waals surface area contributed by atoms with Crippen molar-refractivity contribution in [3.05, 3.63) is 42.0 Å². The van der Waals surface area contributed by atoms with E-state index < -0.39 is 0 Å². The van der Waals surface area contributed by atoms with Gasteiger partial charge in [0.25, 0.3) is 0 Å². The summed E-state index contributed by atoms with van der Waals surface area (Å²) in [5.41, 5.74) is 0.867. The number of aromatic nitrogens is 3. The van der Waals surface area contributed by atoms with Crippen molar-refractivity contribution in [3.63, 3.8) is 0 Å². The number of hydrogen-bond acceptors (Lipinski definition) is 6. The summed E-state index contributed by atoms with van der Waals surface area (Å²) in [4.78, 5) is 27.6. The number of pyridine rings is 1. The monoisotopic (exact) mass is 326 g/mol. The van der Waals surface area contributed by atoms with Gasteiger partial charge < -0.3 is 15.5 Å². The maximum Gasteiger partial charge on any atom is 0.237 e. The Balaban J connectivity index is 1.84. The Labute approximate surface area is 141 Å². The Hall–Kier alpha value is -2.54. The number of likely N-dealkylation sites (tertiary alicyclic amines) is 1. The number of anilines is 2. The van der Waals surface area contributed by atoms with Gasteiger partial charge in [-0.2, -0.15) is 0 Å². The molecule has 2 aromatic heterocycles. The molecule has 0 aromatic carbocycles. The zero-order valence-electron chi connectivity index (χ0n) is 14.0. The molecule has 1 aliphatic heterocycles. The third kappa shape index (κ3) is 3.68. The van der Waals surface area contributed by atoms with E-state index in [0.29, 0.717) is 18.2 Å². The average Bonchev–Trinajstić information content (AvgIpc) is 3.05. The molecule has 0 unspecified atom stereocenters. The van der Waals surface area contributed by atoms with Crippen LogP contribution in [0.1, 0.15) is 30.4 Å². The zero-order chi connectivity index (χ0) is 16.9. The summed E-state index contributed by atoms with van der Waals surface area (Å²) in [6.45, 7) is 3.02. The first-order valence-corrected chi connectivity index (χ1v) is 8.15. The molecule has 1 aliphatic rings. The fraction of sp³-hybridized carbons (Fsp3) is 0.412. The number of hydrogen-bond donors (Lipinski definition) is 2. The number of amides is 1. The highest BCUT2D eigenvalue weighted by Crippen LogP contribution is 2.30. The number of nitrogens with one attached hydrogen (secondary N) is 2. The van der Waals surface area contributed by atoms with Gasteiger partial charge in [-0.25, -0.2) is 15.0 Å². The van der Waals surface area contributed by atoms with Gasteiger partial charge in [0.1, 0.15) is 11.6 Å². The molecule has 0 aliphatic carbocycles. The largest absolute Gasteiger partial charge is 0.331 e. The minimum Gasteiger partial charge on any atom is -0.331 e. The maximum absolute atomic E-state index is 12.3. The van der Waals surface area contributed by atoms with Crippen LogP contribution in [0.4, 0.5) is 11.6 Å². The van der Waals surface area contributed by atoms with Crippen molar-refractivity contribution in [2.75, 3.05) is 25.5 Å². The van der Waals surface area contributed by atoms with Crippen LogP contribution >= 0.6 is 0 Å². The highest BCUT2D eigenvalue weighted by atomic mass is 16.2. The van der Waals surface area contributed by atoms with E-state index in [1.807, 2.05) is 36.1 Å². The first-order valence-electron chi connectivity index (χ1n) is 8.15. The van der Waals surface area contributed by atoms with Crippen molar-refractivity contribution < 1.29 is 4.79 Å². The summed E-state index contributed by atoms with van der Waals surface area (Å²) in [6, 6.07) is 7.49. The van der Waals surface area contributed by atoms with Gasteiger partial charge in [-0.3, -0.25) is 4.79 Å². The molecule has 126 valence electrons. The molecule has 7 heteroatoms. The van der Waals surface area contributed by atoms with E-state index in [-0.39, 0.29) is 11.9 Å². The lowest BCUT2D eigenvalue weighted by atomic mass is 10.2. The average molecular weight is 326 g/mol. The van der Waals surface area contributed by atoms with Gasteiger partial charge in [0.05, 0.1) is 12.6 Å². The summed E-state index contributed by atoms with van der Waals surface area (Å²) in [5.74, 6) is 2.21. The summed E-state index contributed by atoms with van der Waals surface area (Å²) in [7, 11) is 1.78. The Kier molecular flexibility index (Phi) is 5.00. The molecule has 1 atom stereocenters. The van der Waals surface area contributed by atoms with Gasteiger partial charge in [-0.1, -0.05) is 6.07 Å². The van der Waals surface area contributed by atoms with Crippen LogP contribution in [-0.4, -0.2) is 45.9 Å². The van der Waals surface area contributed by atoms with Crippen molar-refractivity contribution in [2.45, 2.75) is 25.8 Å². The Bertz CT molecular complexity index is 705. The Morgan fingerprint density at radius 3 is 2.96 bits per heavy atom. The van der Waals surface area contributed by atoms with Crippen molar-refractivity contribution in [3.8, 4) is 0 Å². The Morgan fingerprint density at radius 1 is 1.33 bits per heavy atom. The van der Waals surface area contributed by atoms with Crippen molar-refractivity contribution in [1.29, 1.82) is 0 Å². The number of nitrogens with zero attached hydrogens (tertiary/aromatic N) is 4. The van der Waals surface area contributed by atoms with E-state index in [4.69, 9.17) is 0 Å². The number of likely N-dealkylation sites (N-methyl/N-ethyl adjacent to an activating group) is 1. The SMILES string of the molecule is CNCC(=O)N1CCC[C@H]1c1nc(C)cc(Nc2ccccn2)n1. The lowest BCUT2D eigenvalue weighted by molar-refractivity contribution is -0.131. The van der Waals surface area contributed by atoms with E-state index in [0.717, 1.165) is 30.9 Å². The zero-order valence-corrected chi connectivity index (χ0v) is 14.0. The second kappa shape index (κ2) is 7.35. The van der Waals surface area contributed by atoms with E-state index in [9.17, 15) is 4.79 Å². The minimum atomic E-state index is -0.0602. The van der Waals surface area contributed by atoms with Crippen LogP contribution in [0.2, 0.25) is 0 Å². The van der Waals surface area contributed by atoms with Crippen LogP contribution in [0.15, 0.2) is 30.5 Å². The smallest absolute Gasteiger partial charge is 0.237 e. The van der Waals surface area contributed by atoms with Crippen LogP contribution in [-0.2, 0) is 4.79 Å². The van der Waals surface area contributed by atoms with Crippen LogP contribution < -0.4 is 10.6 Å². The molecule has 2 aromatic rings. The normalized spacial score (nSPS) is 17.1. The quantitative estimate of drug-likeness (QED) is 0.872. The van der Waals surface area contributed by atoms with E-state index in [1.54, 1.807) is 13.2 Å². The van der Waals surface area contributed by atoms with Crippen LogP contribution in [0.25, 0.3) is 0 Å². The second-order valence-corrected chi connectivity index (χ2v) is 5.87. The molecule has 1 fully saturated rings. The summed E-state index contributed by atoms with van der Waals surface area (Å²) in [5, 5.41) is 6.12. The van der Waals surface area contributed by atoms with Crippen molar-refractivity contribution in [2.24, 2.45) is 0 Å². The predicted molar refractivity (Wildman–Crippen MR) is 91.9 cm³/mol. The van der Waals surface area contributed by atoms with Crippen molar-refractivity contribution >= 4 is 17.5 Å². The predicted octanol–water partition coefficient (Wildman–Crippen LogP) is 1.81. The fourth-order valence-electron chi connectivity index (χ4n) is 2.96. The van der Waals surface area contributed by atoms with E-state index in [1.165, 1.54) is 0 Å². The topological polar surface area (TPSA) is 83.0 Å². The lowest BCUT2D eigenvalue weighted by Crippen LogP contribution is -2.37. The third-order valence-corrected chi connectivity index (χ3v) is 3.99. The molecule has 24 heavy (non-hydrogen) atoms. The standard InChI is InChI=1S/C17H22N6O/c1-12-10-15(21-14-7-3-4-8-19-14)22-17(20-12)13-6-5-9-23(13)16(24)11-18-2/h3-4,7-8,10,13,18H,5-6,9,11H2,1-2H3,(H,19,20,21,22)/t13-/m0/s1. The molecule has 3 heterocycles. The minimum absolute atomic E-state index is 0.0602. The van der Waals surface area contributed by atoms with Crippen LogP contribution in [0, 0.1) is 6.92 Å². The highest BCUT2D eigenvalue weighted by molar-refractivity contribution is 5.79. The number of aryl methyl sites for hydroxylation is 1. The molecule has 0 radical (unpaired) electrons. The van der Waals surface area contributed by atoms with Gasteiger partial charge >= 0.3 is 0 Å². The molecule has 0 saturated carbocycles. The van der Waals surface area contributed by atoms with Gasteiger partial charge in [0.2, 0.25) is 5.91 Å². The van der Waals surface area contributed by atoms with Crippen LogP contribution in [0.3, 0.4) is 0 Å².